The highest BCUT2D eigenvalue weighted by Gasteiger charge is 2.60. The first-order chi connectivity index (χ1) is 9.76. The molecule has 1 aliphatic heterocycles. The third kappa shape index (κ3) is 2.03. The van der Waals surface area contributed by atoms with Crippen LogP contribution < -0.4 is 4.48 Å². The minimum Gasteiger partial charge on any atom is -0.458 e. The monoisotopic (exact) mass is 291 g/mol. The van der Waals surface area contributed by atoms with Crippen LogP contribution in [-0.4, -0.2) is 34.3 Å². The Morgan fingerprint density at radius 2 is 2.05 bits per heavy atom. The van der Waals surface area contributed by atoms with Crippen LogP contribution >= 0.6 is 0 Å². The van der Waals surface area contributed by atoms with E-state index in [1.807, 2.05) is 0 Å². The molecule has 1 amide bonds. The fourth-order valence-corrected chi connectivity index (χ4v) is 2.79. The number of quaternary nitrogens is 1. The van der Waals surface area contributed by atoms with E-state index in [9.17, 15) is 14.7 Å². The van der Waals surface area contributed by atoms with E-state index in [0.29, 0.717) is 11.3 Å². The lowest BCUT2D eigenvalue weighted by molar-refractivity contribution is -0.140. The Balaban J connectivity index is 2.76. The van der Waals surface area contributed by atoms with Gasteiger partial charge in [0.25, 0.3) is 0 Å². The third-order valence-corrected chi connectivity index (χ3v) is 3.63. The van der Waals surface area contributed by atoms with Gasteiger partial charge in [-0.1, -0.05) is 0 Å². The van der Waals surface area contributed by atoms with Gasteiger partial charge in [-0.05, 0) is 33.8 Å². The van der Waals surface area contributed by atoms with Gasteiger partial charge in [-0.15, -0.1) is 4.48 Å². The van der Waals surface area contributed by atoms with Crippen molar-refractivity contribution in [2.45, 2.75) is 33.2 Å². The van der Waals surface area contributed by atoms with E-state index < -0.39 is 22.1 Å². The number of carbonyl (C=O) groups is 2. The second kappa shape index (κ2) is 4.96. The summed E-state index contributed by atoms with van der Waals surface area (Å²) in [6, 6.07) is 1.70. The molecular formula is C15H19N2O4+. The first kappa shape index (κ1) is 15.2. The Hall–Kier alpha value is -2.21. The van der Waals surface area contributed by atoms with Crippen LogP contribution in [0.4, 0.5) is 10.5 Å². The van der Waals surface area contributed by atoms with Gasteiger partial charge in [0.05, 0.1) is 12.8 Å². The normalized spacial score (nSPS) is 20.7. The van der Waals surface area contributed by atoms with Gasteiger partial charge in [0.2, 0.25) is 5.70 Å². The van der Waals surface area contributed by atoms with Gasteiger partial charge >= 0.3 is 12.1 Å². The maximum Gasteiger partial charge on any atom is 0.524 e. The molecule has 21 heavy (non-hydrogen) atoms. The van der Waals surface area contributed by atoms with E-state index in [-0.39, 0.29) is 12.3 Å². The van der Waals surface area contributed by atoms with Gasteiger partial charge in [0, 0.05) is 17.8 Å². The van der Waals surface area contributed by atoms with Crippen molar-refractivity contribution < 1.29 is 19.4 Å². The highest BCUT2D eigenvalue weighted by atomic mass is 16.5. The molecule has 0 aliphatic carbocycles. The van der Waals surface area contributed by atoms with Gasteiger partial charge in [-0.2, -0.15) is 4.79 Å². The predicted octanol–water partition coefficient (Wildman–Crippen LogP) is 2.78. The standard InChI is InChI=1S/C15H18N2O4/c1-5-21-13(18)11-8-10-6-7-16-9-12(10)17(11,14(19)20)15(2,3)4/h6-9H,5H2,1-4H3/p+1. The van der Waals surface area contributed by atoms with Crippen LogP contribution in [0, 0.1) is 0 Å². The van der Waals surface area contributed by atoms with Crippen molar-refractivity contribution in [1.29, 1.82) is 0 Å². The molecule has 2 rings (SSSR count). The average molecular weight is 291 g/mol. The summed E-state index contributed by atoms with van der Waals surface area (Å²) < 4.78 is 4.43. The first-order valence-corrected chi connectivity index (χ1v) is 6.73. The lowest BCUT2D eigenvalue weighted by Gasteiger charge is -2.40. The summed E-state index contributed by atoms with van der Waals surface area (Å²) in [6.07, 6.45) is 3.52. The number of carboxylic acid groups (broad SMARTS) is 1. The van der Waals surface area contributed by atoms with Gasteiger partial charge in [0.15, 0.2) is 5.69 Å². The van der Waals surface area contributed by atoms with Crippen molar-refractivity contribution in [3.05, 3.63) is 29.7 Å². The summed E-state index contributed by atoms with van der Waals surface area (Å²) in [5.41, 5.74) is 0.462. The number of esters is 1. The van der Waals surface area contributed by atoms with Crippen molar-refractivity contribution in [3.8, 4) is 0 Å². The molecule has 0 spiro atoms. The summed E-state index contributed by atoms with van der Waals surface area (Å²) in [4.78, 5) is 28.5. The molecule has 1 aromatic rings. The van der Waals surface area contributed by atoms with E-state index in [2.05, 4.69) is 4.98 Å². The minimum atomic E-state index is -1.13. The topological polar surface area (TPSA) is 76.5 Å². The molecule has 0 bridgehead atoms. The molecule has 0 fully saturated rings. The molecule has 6 heteroatoms. The number of amides is 1. The summed E-state index contributed by atoms with van der Waals surface area (Å²) >= 11 is 0. The number of rotatable bonds is 2. The molecule has 1 atom stereocenters. The average Bonchev–Trinajstić information content (AvgIpc) is 2.74. The van der Waals surface area contributed by atoms with Crippen LogP contribution in [0.2, 0.25) is 0 Å². The van der Waals surface area contributed by atoms with Crippen LogP contribution in [0.15, 0.2) is 24.2 Å². The Morgan fingerprint density at radius 3 is 2.57 bits per heavy atom. The highest BCUT2D eigenvalue weighted by Crippen LogP contribution is 2.46. The Bertz CT molecular complexity index is 631. The van der Waals surface area contributed by atoms with Crippen LogP contribution in [0.5, 0.6) is 0 Å². The van der Waals surface area contributed by atoms with E-state index in [1.54, 1.807) is 46.0 Å². The Kier molecular flexibility index (Phi) is 3.59. The van der Waals surface area contributed by atoms with Crippen LogP contribution in [-0.2, 0) is 9.53 Å². The largest absolute Gasteiger partial charge is 0.524 e. The van der Waals surface area contributed by atoms with Gasteiger partial charge < -0.3 is 9.84 Å². The number of carbonyl (C=O) groups excluding carboxylic acids is 1. The first-order valence-electron chi connectivity index (χ1n) is 6.73. The maximum atomic E-state index is 12.3. The minimum absolute atomic E-state index is 0.0971. The number of ether oxygens (including phenoxy) is 1. The zero-order chi connectivity index (χ0) is 15.8. The van der Waals surface area contributed by atoms with Crippen LogP contribution in [0.1, 0.15) is 33.3 Å². The second-order valence-corrected chi connectivity index (χ2v) is 5.81. The quantitative estimate of drug-likeness (QED) is 0.669. The lowest BCUT2D eigenvalue weighted by Crippen LogP contribution is -2.64. The van der Waals surface area contributed by atoms with E-state index in [4.69, 9.17) is 4.74 Å². The fourth-order valence-electron chi connectivity index (χ4n) is 2.79. The number of hydrogen-bond acceptors (Lipinski definition) is 4. The maximum absolute atomic E-state index is 12.3. The highest BCUT2D eigenvalue weighted by molar-refractivity contribution is 6.08. The molecule has 1 N–H and O–H groups in total. The molecule has 112 valence electrons. The summed E-state index contributed by atoms with van der Waals surface area (Å²) in [5, 5.41) is 9.93. The van der Waals surface area contributed by atoms with E-state index >= 15 is 0 Å². The van der Waals surface area contributed by atoms with Gasteiger partial charge in [-0.3, -0.25) is 4.98 Å². The molecule has 1 aromatic heterocycles. The molecule has 0 saturated heterocycles. The second-order valence-electron chi connectivity index (χ2n) is 5.81. The molecule has 0 radical (unpaired) electrons. The molecule has 6 nitrogen and oxygen atoms in total. The van der Waals surface area contributed by atoms with E-state index in [0.717, 1.165) is 0 Å². The number of fused-ring (bicyclic) bond motifs is 1. The summed E-state index contributed by atoms with van der Waals surface area (Å²) in [7, 11) is 0. The van der Waals surface area contributed by atoms with Crippen molar-refractivity contribution >= 4 is 23.8 Å². The third-order valence-electron chi connectivity index (χ3n) is 3.63. The molecule has 1 unspecified atom stereocenters. The molecule has 2 heterocycles. The molecule has 0 aromatic carbocycles. The van der Waals surface area contributed by atoms with E-state index in [1.165, 1.54) is 6.20 Å². The van der Waals surface area contributed by atoms with Crippen molar-refractivity contribution in [2.24, 2.45) is 0 Å². The van der Waals surface area contributed by atoms with Crippen molar-refractivity contribution in [1.82, 2.24) is 9.47 Å². The Morgan fingerprint density at radius 1 is 1.38 bits per heavy atom. The molecule has 1 aliphatic rings. The zero-order valence-corrected chi connectivity index (χ0v) is 12.6. The smallest absolute Gasteiger partial charge is 0.458 e. The number of aromatic nitrogens is 1. The van der Waals surface area contributed by atoms with Gasteiger partial charge in [0.1, 0.15) is 5.54 Å². The van der Waals surface area contributed by atoms with Crippen molar-refractivity contribution in [3.63, 3.8) is 0 Å². The summed E-state index contributed by atoms with van der Waals surface area (Å²) in [6.45, 7) is 7.20. The van der Waals surface area contributed by atoms with Crippen LogP contribution in [0.25, 0.3) is 6.08 Å². The Labute approximate surface area is 123 Å². The van der Waals surface area contributed by atoms with Gasteiger partial charge in [-0.25, -0.2) is 4.79 Å². The SMILES string of the molecule is CCOC(=O)C1=Cc2ccncc2[N+]1(C(=O)O)C(C)(C)C. The predicted molar refractivity (Wildman–Crippen MR) is 78.4 cm³/mol. The fraction of sp³-hybridized carbons (Fsp3) is 0.400. The summed E-state index contributed by atoms with van der Waals surface area (Å²) in [5.74, 6) is -0.619. The van der Waals surface area contributed by atoms with Crippen molar-refractivity contribution in [2.75, 3.05) is 6.61 Å². The lowest BCUT2D eigenvalue weighted by atomic mass is 10.0. The number of nitrogens with zero attached hydrogens (tertiary/aromatic N) is 2. The zero-order valence-electron chi connectivity index (χ0n) is 12.6. The molecule has 0 saturated carbocycles. The molecular weight excluding hydrogens is 272 g/mol. The number of hydrogen-bond donors (Lipinski definition) is 1. The van der Waals surface area contributed by atoms with Crippen LogP contribution in [0.3, 0.4) is 0 Å². The number of pyridine rings is 1.